The first-order valence-electron chi connectivity index (χ1n) is 6.74. The number of nitrogens with one attached hydrogen (secondary N) is 1. The Labute approximate surface area is 98.2 Å². The van der Waals surface area contributed by atoms with Gasteiger partial charge in [0.15, 0.2) is 0 Å². The van der Waals surface area contributed by atoms with E-state index in [1.165, 1.54) is 32.1 Å². The van der Waals surface area contributed by atoms with Crippen molar-refractivity contribution in [2.45, 2.75) is 63.3 Å². The van der Waals surface area contributed by atoms with Crippen molar-refractivity contribution >= 4 is 5.91 Å². The molecule has 0 aromatic carbocycles. The van der Waals surface area contributed by atoms with Crippen molar-refractivity contribution in [3.63, 3.8) is 0 Å². The summed E-state index contributed by atoms with van der Waals surface area (Å²) in [5.41, 5.74) is 5.97. The van der Waals surface area contributed by atoms with Crippen LogP contribution in [0, 0.1) is 5.92 Å². The minimum atomic E-state index is -0.0803. The van der Waals surface area contributed by atoms with E-state index < -0.39 is 0 Å². The largest absolute Gasteiger partial charge is 0.354 e. The van der Waals surface area contributed by atoms with Crippen molar-refractivity contribution in [3.8, 4) is 0 Å². The average molecular weight is 224 g/mol. The van der Waals surface area contributed by atoms with Crippen molar-refractivity contribution in [2.24, 2.45) is 11.7 Å². The molecule has 92 valence electrons. The second-order valence-corrected chi connectivity index (χ2v) is 5.68. The Hall–Kier alpha value is -0.570. The first-order valence-corrected chi connectivity index (χ1v) is 6.74. The SMILES string of the molecule is NC1(CNC(=O)CCC2CCCC2)CCC1. The summed E-state index contributed by atoms with van der Waals surface area (Å²) in [4.78, 5) is 11.6. The molecular weight excluding hydrogens is 200 g/mol. The van der Waals surface area contributed by atoms with Crippen LogP contribution in [0.4, 0.5) is 0 Å². The molecule has 0 heterocycles. The fraction of sp³-hybridized carbons (Fsp3) is 0.923. The summed E-state index contributed by atoms with van der Waals surface area (Å²) in [5, 5.41) is 2.99. The maximum absolute atomic E-state index is 11.6. The third-order valence-corrected chi connectivity index (χ3v) is 4.24. The fourth-order valence-corrected chi connectivity index (χ4v) is 2.80. The van der Waals surface area contributed by atoms with Gasteiger partial charge in [-0.1, -0.05) is 25.7 Å². The maximum atomic E-state index is 11.6. The number of hydrogen-bond donors (Lipinski definition) is 2. The molecule has 3 N–H and O–H groups in total. The molecule has 2 saturated carbocycles. The van der Waals surface area contributed by atoms with E-state index in [0.29, 0.717) is 13.0 Å². The third kappa shape index (κ3) is 3.21. The van der Waals surface area contributed by atoms with Crippen LogP contribution in [0.5, 0.6) is 0 Å². The van der Waals surface area contributed by atoms with Gasteiger partial charge in [0, 0.05) is 18.5 Å². The third-order valence-electron chi connectivity index (χ3n) is 4.24. The highest BCUT2D eigenvalue weighted by Crippen LogP contribution is 2.29. The van der Waals surface area contributed by atoms with E-state index in [4.69, 9.17) is 5.73 Å². The van der Waals surface area contributed by atoms with Crippen LogP contribution in [0.1, 0.15) is 57.8 Å². The van der Waals surface area contributed by atoms with Gasteiger partial charge in [-0.3, -0.25) is 4.79 Å². The highest BCUT2D eigenvalue weighted by atomic mass is 16.1. The van der Waals surface area contributed by atoms with Crippen molar-refractivity contribution in [1.29, 1.82) is 0 Å². The zero-order chi connectivity index (χ0) is 11.4. The van der Waals surface area contributed by atoms with Gasteiger partial charge in [0.1, 0.15) is 0 Å². The van der Waals surface area contributed by atoms with Crippen LogP contribution < -0.4 is 11.1 Å². The van der Waals surface area contributed by atoms with Gasteiger partial charge in [0.05, 0.1) is 0 Å². The van der Waals surface area contributed by atoms with E-state index in [1.54, 1.807) is 0 Å². The van der Waals surface area contributed by atoms with Crippen molar-refractivity contribution in [2.75, 3.05) is 6.54 Å². The monoisotopic (exact) mass is 224 g/mol. The van der Waals surface area contributed by atoms with Gasteiger partial charge in [-0.25, -0.2) is 0 Å². The standard InChI is InChI=1S/C13H24N2O/c14-13(8-3-9-13)10-15-12(16)7-6-11-4-1-2-5-11/h11H,1-10,14H2,(H,15,16). The lowest BCUT2D eigenvalue weighted by Gasteiger charge is -2.38. The van der Waals surface area contributed by atoms with Gasteiger partial charge in [0.2, 0.25) is 5.91 Å². The summed E-state index contributed by atoms with van der Waals surface area (Å²) < 4.78 is 0. The van der Waals surface area contributed by atoms with E-state index in [0.717, 1.165) is 25.2 Å². The number of amides is 1. The van der Waals surface area contributed by atoms with E-state index in [1.807, 2.05) is 0 Å². The van der Waals surface area contributed by atoms with Crippen LogP contribution in [0.2, 0.25) is 0 Å². The summed E-state index contributed by atoms with van der Waals surface area (Å²) in [6, 6.07) is 0. The first kappa shape index (κ1) is 11.9. The molecule has 0 unspecified atom stereocenters. The molecule has 3 nitrogen and oxygen atoms in total. The molecule has 0 aliphatic heterocycles. The quantitative estimate of drug-likeness (QED) is 0.750. The number of rotatable bonds is 5. The van der Waals surface area contributed by atoms with E-state index in [2.05, 4.69) is 5.32 Å². The topological polar surface area (TPSA) is 55.1 Å². The summed E-state index contributed by atoms with van der Waals surface area (Å²) in [6.45, 7) is 0.677. The van der Waals surface area contributed by atoms with Crippen LogP contribution in [-0.4, -0.2) is 18.0 Å². The van der Waals surface area contributed by atoms with Crippen molar-refractivity contribution in [3.05, 3.63) is 0 Å². The van der Waals surface area contributed by atoms with Crippen LogP contribution in [0.15, 0.2) is 0 Å². The number of nitrogens with two attached hydrogens (primary N) is 1. The first-order chi connectivity index (χ1) is 7.68. The molecule has 0 radical (unpaired) electrons. The average Bonchev–Trinajstić information content (AvgIpc) is 2.73. The molecule has 0 spiro atoms. The zero-order valence-electron chi connectivity index (χ0n) is 10.1. The summed E-state index contributed by atoms with van der Waals surface area (Å²) in [6.07, 6.45) is 10.5. The van der Waals surface area contributed by atoms with Crippen LogP contribution in [-0.2, 0) is 4.79 Å². The van der Waals surface area contributed by atoms with Crippen LogP contribution >= 0.6 is 0 Å². The molecule has 3 heteroatoms. The maximum Gasteiger partial charge on any atom is 0.220 e. The summed E-state index contributed by atoms with van der Waals surface area (Å²) >= 11 is 0. The Morgan fingerprint density at radius 3 is 2.50 bits per heavy atom. The Balaban J connectivity index is 1.57. The number of carbonyl (C=O) groups excluding carboxylic acids is 1. The lowest BCUT2D eigenvalue weighted by atomic mass is 9.78. The Bertz CT molecular complexity index is 242. The molecule has 0 atom stereocenters. The minimum absolute atomic E-state index is 0.0803. The van der Waals surface area contributed by atoms with Gasteiger partial charge in [-0.2, -0.15) is 0 Å². The smallest absolute Gasteiger partial charge is 0.220 e. The van der Waals surface area contributed by atoms with Gasteiger partial charge in [0.25, 0.3) is 0 Å². The summed E-state index contributed by atoms with van der Waals surface area (Å²) in [7, 11) is 0. The molecular formula is C13H24N2O. The molecule has 2 aliphatic carbocycles. The van der Waals surface area contributed by atoms with E-state index in [-0.39, 0.29) is 11.4 Å². The molecule has 16 heavy (non-hydrogen) atoms. The molecule has 0 bridgehead atoms. The van der Waals surface area contributed by atoms with Gasteiger partial charge in [-0.15, -0.1) is 0 Å². The van der Waals surface area contributed by atoms with Gasteiger partial charge < -0.3 is 11.1 Å². The highest BCUT2D eigenvalue weighted by molar-refractivity contribution is 5.75. The fourth-order valence-electron chi connectivity index (χ4n) is 2.80. The Kier molecular flexibility index (Phi) is 3.85. The van der Waals surface area contributed by atoms with Crippen LogP contribution in [0.3, 0.4) is 0 Å². The van der Waals surface area contributed by atoms with Crippen molar-refractivity contribution in [1.82, 2.24) is 5.32 Å². The van der Waals surface area contributed by atoms with Gasteiger partial charge >= 0.3 is 0 Å². The number of hydrogen-bond acceptors (Lipinski definition) is 2. The molecule has 2 aliphatic rings. The summed E-state index contributed by atoms with van der Waals surface area (Å²) in [5.74, 6) is 1.00. The number of carbonyl (C=O) groups is 1. The highest BCUT2D eigenvalue weighted by Gasteiger charge is 2.32. The van der Waals surface area contributed by atoms with E-state index >= 15 is 0 Å². The predicted molar refractivity (Wildman–Crippen MR) is 65.0 cm³/mol. The Morgan fingerprint density at radius 2 is 1.94 bits per heavy atom. The predicted octanol–water partition coefficient (Wildman–Crippen LogP) is 1.95. The lowest BCUT2D eigenvalue weighted by Crippen LogP contribution is -2.54. The Morgan fingerprint density at radius 1 is 1.25 bits per heavy atom. The normalized spacial score (nSPS) is 24.1. The van der Waals surface area contributed by atoms with Gasteiger partial charge in [-0.05, 0) is 31.6 Å². The molecule has 2 rings (SSSR count). The molecule has 1 amide bonds. The minimum Gasteiger partial charge on any atom is -0.354 e. The molecule has 0 saturated heterocycles. The molecule has 2 fully saturated rings. The van der Waals surface area contributed by atoms with Crippen molar-refractivity contribution < 1.29 is 4.79 Å². The lowest BCUT2D eigenvalue weighted by molar-refractivity contribution is -0.121. The van der Waals surface area contributed by atoms with E-state index in [9.17, 15) is 4.79 Å². The second kappa shape index (κ2) is 5.17. The molecule has 0 aromatic heterocycles. The second-order valence-electron chi connectivity index (χ2n) is 5.68. The zero-order valence-corrected chi connectivity index (χ0v) is 10.1. The van der Waals surface area contributed by atoms with Crippen LogP contribution in [0.25, 0.3) is 0 Å². The molecule has 0 aromatic rings.